The average molecular weight is 338 g/mol. The molecule has 4 heteroatoms. The fourth-order valence-corrected chi connectivity index (χ4v) is 4.00. The average Bonchev–Trinajstić information content (AvgIpc) is 2.47. The van der Waals surface area contributed by atoms with E-state index in [1.807, 2.05) is 0 Å². The molecule has 0 aliphatic carbocycles. The van der Waals surface area contributed by atoms with Gasteiger partial charge in [0.1, 0.15) is 0 Å². The molecule has 2 aliphatic rings. The quantitative estimate of drug-likeness (QED) is 0.920. The molecular weight excluding hydrogens is 314 g/mol. The third-order valence-corrected chi connectivity index (χ3v) is 5.13. The first-order valence-corrected chi connectivity index (χ1v) is 8.55. The smallest absolute Gasteiger partial charge is 0.0401 e. The van der Waals surface area contributed by atoms with E-state index in [1.165, 1.54) is 50.1 Å². The Bertz CT molecular complexity index is 463. The van der Waals surface area contributed by atoms with Crippen LogP contribution in [0.2, 0.25) is 0 Å². The summed E-state index contributed by atoms with van der Waals surface area (Å²) in [6.45, 7) is 5.55. The summed E-state index contributed by atoms with van der Waals surface area (Å²) in [4.78, 5) is 5.26. The molecule has 2 fully saturated rings. The van der Waals surface area contributed by atoms with Gasteiger partial charge in [0, 0.05) is 35.8 Å². The molecule has 0 aromatic heterocycles. The van der Waals surface area contributed by atoms with E-state index < -0.39 is 0 Å². The molecule has 2 heterocycles. The van der Waals surface area contributed by atoms with E-state index in [2.05, 4.69) is 43.9 Å². The Labute approximate surface area is 130 Å². The molecule has 3 nitrogen and oxygen atoms in total. The number of halogens is 1. The molecule has 1 aromatic rings. The van der Waals surface area contributed by atoms with Gasteiger partial charge in [-0.25, -0.2) is 0 Å². The maximum Gasteiger partial charge on any atom is 0.0401 e. The highest BCUT2D eigenvalue weighted by Crippen LogP contribution is 2.29. The van der Waals surface area contributed by atoms with E-state index in [-0.39, 0.29) is 0 Å². The van der Waals surface area contributed by atoms with Gasteiger partial charge in [0.05, 0.1) is 0 Å². The van der Waals surface area contributed by atoms with E-state index in [0.717, 1.165) is 23.5 Å². The van der Waals surface area contributed by atoms with Crippen LogP contribution >= 0.6 is 15.9 Å². The Hall–Kier alpha value is -0.580. The Balaban J connectivity index is 1.78. The predicted octanol–water partition coefficient (Wildman–Crippen LogP) is 2.62. The van der Waals surface area contributed by atoms with Crippen molar-refractivity contribution >= 4 is 21.6 Å². The second-order valence-corrected chi connectivity index (χ2v) is 6.86. The maximum atomic E-state index is 5.77. The fourth-order valence-electron chi connectivity index (χ4n) is 3.59. The number of nitrogens with zero attached hydrogens (tertiary/aromatic N) is 2. The lowest BCUT2D eigenvalue weighted by Gasteiger charge is -2.45. The summed E-state index contributed by atoms with van der Waals surface area (Å²) in [5.41, 5.74) is 8.55. The van der Waals surface area contributed by atoms with Crippen LogP contribution in [-0.4, -0.2) is 43.7 Å². The number of hydrogen-bond donors (Lipinski definition) is 1. The molecule has 1 atom stereocenters. The zero-order valence-electron chi connectivity index (χ0n) is 12.0. The highest BCUT2D eigenvalue weighted by Gasteiger charge is 2.29. The van der Waals surface area contributed by atoms with Crippen molar-refractivity contribution in [3.05, 3.63) is 28.2 Å². The van der Waals surface area contributed by atoms with Gasteiger partial charge in [-0.05, 0) is 56.1 Å². The summed E-state index contributed by atoms with van der Waals surface area (Å²) < 4.78 is 1.15. The van der Waals surface area contributed by atoms with E-state index in [1.54, 1.807) is 0 Å². The first-order valence-electron chi connectivity index (χ1n) is 7.75. The van der Waals surface area contributed by atoms with Gasteiger partial charge >= 0.3 is 0 Å². The lowest BCUT2D eigenvalue weighted by Crippen LogP contribution is -2.55. The largest absolute Gasteiger partial charge is 0.368 e. The number of fused-ring (bicyclic) bond motifs is 1. The molecule has 0 amide bonds. The number of piperidine rings is 1. The van der Waals surface area contributed by atoms with Crippen molar-refractivity contribution in [2.45, 2.75) is 31.7 Å². The number of anilines is 1. The van der Waals surface area contributed by atoms with Crippen LogP contribution in [0, 0.1) is 0 Å². The summed E-state index contributed by atoms with van der Waals surface area (Å²) in [5.74, 6) is 0. The second-order valence-electron chi connectivity index (χ2n) is 5.94. The van der Waals surface area contributed by atoms with Gasteiger partial charge in [-0.15, -0.1) is 0 Å². The Morgan fingerprint density at radius 1 is 1.20 bits per heavy atom. The van der Waals surface area contributed by atoms with Crippen LogP contribution in [0.1, 0.15) is 24.8 Å². The number of rotatable bonds is 3. The van der Waals surface area contributed by atoms with Gasteiger partial charge in [0.2, 0.25) is 0 Å². The highest BCUT2D eigenvalue weighted by atomic mass is 79.9. The molecule has 2 N–H and O–H groups in total. The Morgan fingerprint density at radius 3 is 2.95 bits per heavy atom. The third kappa shape index (κ3) is 3.02. The van der Waals surface area contributed by atoms with Crippen LogP contribution in [0.25, 0.3) is 0 Å². The van der Waals surface area contributed by atoms with E-state index >= 15 is 0 Å². The monoisotopic (exact) mass is 337 g/mol. The SMILES string of the molecule is NCCc1cc(Br)ccc1N1CCN2CCCCC2C1. The maximum absolute atomic E-state index is 5.77. The minimum Gasteiger partial charge on any atom is -0.368 e. The lowest BCUT2D eigenvalue weighted by atomic mass is 9.98. The highest BCUT2D eigenvalue weighted by molar-refractivity contribution is 9.10. The van der Waals surface area contributed by atoms with E-state index in [9.17, 15) is 0 Å². The lowest BCUT2D eigenvalue weighted by molar-refractivity contribution is 0.133. The van der Waals surface area contributed by atoms with Crippen molar-refractivity contribution in [3.8, 4) is 0 Å². The normalized spacial score (nSPS) is 23.7. The van der Waals surface area contributed by atoms with Crippen molar-refractivity contribution in [1.29, 1.82) is 0 Å². The fraction of sp³-hybridized carbons (Fsp3) is 0.625. The van der Waals surface area contributed by atoms with Gasteiger partial charge in [-0.2, -0.15) is 0 Å². The predicted molar refractivity (Wildman–Crippen MR) is 88.3 cm³/mol. The van der Waals surface area contributed by atoms with Crippen molar-refractivity contribution in [2.75, 3.05) is 37.6 Å². The van der Waals surface area contributed by atoms with Crippen molar-refractivity contribution in [2.24, 2.45) is 5.73 Å². The third-order valence-electron chi connectivity index (χ3n) is 4.63. The summed E-state index contributed by atoms with van der Waals surface area (Å²) in [5, 5.41) is 0. The molecule has 0 bridgehead atoms. The van der Waals surface area contributed by atoms with Gasteiger partial charge in [-0.1, -0.05) is 22.4 Å². The summed E-state index contributed by atoms with van der Waals surface area (Å²) in [6.07, 6.45) is 5.09. The summed E-state index contributed by atoms with van der Waals surface area (Å²) >= 11 is 3.58. The molecule has 3 rings (SSSR count). The summed E-state index contributed by atoms with van der Waals surface area (Å²) in [6, 6.07) is 7.40. The molecule has 2 aliphatic heterocycles. The van der Waals surface area contributed by atoms with Crippen LogP contribution in [0.4, 0.5) is 5.69 Å². The van der Waals surface area contributed by atoms with Gasteiger partial charge in [0.25, 0.3) is 0 Å². The number of nitrogens with two attached hydrogens (primary N) is 1. The van der Waals surface area contributed by atoms with Gasteiger partial charge in [0.15, 0.2) is 0 Å². The molecule has 110 valence electrons. The second kappa shape index (κ2) is 6.46. The van der Waals surface area contributed by atoms with Gasteiger partial charge in [-0.3, -0.25) is 4.90 Å². The molecular formula is C16H24BrN3. The first kappa shape index (κ1) is 14.4. The summed E-state index contributed by atoms with van der Waals surface area (Å²) in [7, 11) is 0. The Kier molecular flexibility index (Phi) is 4.64. The Morgan fingerprint density at radius 2 is 2.10 bits per heavy atom. The van der Waals surface area contributed by atoms with Gasteiger partial charge < -0.3 is 10.6 Å². The van der Waals surface area contributed by atoms with Crippen LogP contribution in [0.5, 0.6) is 0 Å². The van der Waals surface area contributed by atoms with Crippen LogP contribution in [-0.2, 0) is 6.42 Å². The molecule has 1 aromatic carbocycles. The van der Waals surface area contributed by atoms with Crippen molar-refractivity contribution in [1.82, 2.24) is 4.90 Å². The number of hydrogen-bond acceptors (Lipinski definition) is 3. The minimum absolute atomic E-state index is 0.715. The van der Waals surface area contributed by atoms with Crippen LogP contribution < -0.4 is 10.6 Å². The minimum atomic E-state index is 0.715. The molecule has 2 saturated heterocycles. The van der Waals surface area contributed by atoms with E-state index in [4.69, 9.17) is 5.73 Å². The number of piperazine rings is 1. The van der Waals surface area contributed by atoms with Crippen molar-refractivity contribution in [3.63, 3.8) is 0 Å². The standard InChI is InChI=1S/C16H24BrN3/c17-14-4-5-16(13(11-14)6-7-18)20-10-9-19-8-2-1-3-15(19)12-20/h4-5,11,15H,1-3,6-10,12,18H2. The molecule has 20 heavy (non-hydrogen) atoms. The van der Waals surface area contributed by atoms with Crippen molar-refractivity contribution < 1.29 is 0 Å². The first-order chi connectivity index (χ1) is 9.78. The van der Waals surface area contributed by atoms with Crippen LogP contribution in [0.15, 0.2) is 22.7 Å². The topological polar surface area (TPSA) is 32.5 Å². The molecule has 0 saturated carbocycles. The zero-order chi connectivity index (χ0) is 13.9. The molecule has 0 radical (unpaired) electrons. The molecule has 1 unspecified atom stereocenters. The number of benzene rings is 1. The van der Waals surface area contributed by atoms with E-state index in [0.29, 0.717) is 6.54 Å². The molecule has 0 spiro atoms. The zero-order valence-corrected chi connectivity index (χ0v) is 13.6. The van der Waals surface area contributed by atoms with Crippen LogP contribution in [0.3, 0.4) is 0 Å².